The number of nitrogens with one attached hydrogen (secondary N) is 1. The minimum Gasteiger partial charge on any atom is -0.493 e. The van der Waals surface area contributed by atoms with Gasteiger partial charge in [0.2, 0.25) is 0 Å². The normalized spacial score (nSPS) is 14.9. The Balaban J connectivity index is 1.42. The van der Waals surface area contributed by atoms with Crippen molar-refractivity contribution < 1.29 is 9.47 Å². The Kier molecular flexibility index (Phi) is 6.61. The molecule has 5 N–H and O–H groups in total. The van der Waals surface area contributed by atoms with Gasteiger partial charge < -0.3 is 26.3 Å². The molecule has 0 aromatic heterocycles. The van der Waals surface area contributed by atoms with Crippen LogP contribution < -0.4 is 26.3 Å². The molecule has 2 aromatic carbocycles. The Bertz CT molecular complexity index is 699. The van der Waals surface area contributed by atoms with Gasteiger partial charge in [0, 0.05) is 12.1 Å². The molecule has 0 amide bonds. The number of piperidine rings is 1. The van der Waals surface area contributed by atoms with E-state index < -0.39 is 0 Å². The molecule has 0 radical (unpaired) electrons. The number of rotatable bonds is 8. The number of hydrogen-bond acceptors (Lipinski definition) is 5. The maximum atomic E-state index is 5.88. The maximum absolute atomic E-state index is 5.88. The van der Waals surface area contributed by atoms with Gasteiger partial charge in [-0.05, 0) is 69.0 Å². The van der Waals surface area contributed by atoms with Gasteiger partial charge in [-0.2, -0.15) is 0 Å². The third kappa shape index (κ3) is 5.56. The number of nitrogens with two attached hydrogens (primary N) is 2. The van der Waals surface area contributed by atoms with E-state index in [0.29, 0.717) is 17.1 Å². The van der Waals surface area contributed by atoms with Gasteiger partial charge in [0.15, 0.2) is 0 Å². The van der Waals surface area contributed by atoms with E-state index in [9.17, 15) is 0 Å². The van der Waals surface area contributed by atoms with Crippen LogP contribution in [0.2, 0.25) is 0 Å². The number of unbranched alkanes of at least 4 members (excludes halogenated alkanes) is 1. The topological polar surface area (TPSA) is 82.5 Å². The van der Waals surface area contributed by atoms with E-state index in [-0.39, 0.29) is 0 Å². The van der Waals surface area contributed by atoms with Gasteiger partial charge in [-0.25, -0.2) is 0 Å². The molecular weight excluding hydrogens is 326 g/mol. The highest BCUT2D eigenvalue weighted by molar-refractivity contribution is 5.65. The minimum absolute atomic E-state index is 0.517. The van der Waals surface area contributed by atoms with E-state index in [1.165, 1.54) is 38.8 Å². The molecule has 2 aromatic rings. The van der Waals surface area contributed by atoms with Gasteiger partial charge in [-0.15, -0.1) is 0 Å². The predicted molar refractivity (Wildman–Crippen MR) is 107 cm³/mol. The molecule has 1 heterocycles. The van der Waals surface area contributed by atoms with E-state index in [0.717, 1.165) is 30.4 Å². The first-order valence-electron chi connectivity index (χ1n) is 9.47. The molecule has 26 heavy (non-hydrogen) atoms. The van der Waals surface area contributed by atoms with Crippen molar-refractivity contribution in [1.82, 2.24) is 5.32 Å². The molecule has 1 aliphatic heterocycles. The molecule has 0 spiro atoms. The summed E-state index contributed by atoms with van der Waals surface area (Å²) >= 11 is 0. The molecule has 140 valence electrons. The summed E-state index contributed by atoms with van der Waals surface area (Å²) in [6.07, 6.45) is 6.26. The lowest BCUT2D eigenvalue weighted by Crippen LogP contribution is -2.27. The Labute approximate surface area is 155 Å². The van der Waals surface area contributed by atoms with Crippen LogP contribution >= 0.6 is 0 Å². The lowest BCUT2D eigenvalue weighted by Gasteiger charge is -2.22. The van der Waals surface area contributed by atoms with Crippen molar-refractivity contribution in [3.05, 3.63) is 42.5 Å². The number of hydrogen-bond donors (Lipinski definition) is 3. The Morgan fingerprint density at radius 3 is 2.46 bits per heavy atom. The van der Waals surface area contributed by atoms with Crippen molar-refractivity contribution in [2.75, 3.05) is 31.2 Å². The van der Waals surface area contributed by atoms with Crippen molar-refractivity contribution in [2.45, 2.75) is 32.1 Å². The molecule has 1 saturated heterocycles. The molecule has 1 fully saturated rings. The van der Waals surface area contributed by atoms with Gasteiger partial charge >= 0.3 is 0 Å². The molecule has 0 bridgehead atoms. The summed E-state index contributed by atoms with van der Waals surface area (Å²) in [6, 6.07) is 13.0. The van der Waals surface area contributed by atoms with E-state index in [1.807, 2.05) is 24.3 Å². The summed E-state index contributed by atoms with van der Waals surface area (Å²) in [7, 11) is 0. The van der Waals surface area contributed by atoms with Crippen molar-refractivity contribution in [3.63, 3.8) is 0 Å². The molecule has 1 aliphatic rings. The molecule has 0 aliphatic carbocycles. The highest BCUT2D eigenvalue weighted by Gasteiger charge is 2.12. The number of nitrogen functional groups attached to an aromatic ring is 2. The van der Waals surface area contributed by atoms with E-state index in [2.05, 4.69) is 5.32 Å². The van der Waals surface area contributed by atoms with Crippen LogP contribution in [0.25, 0.3) is 0 Å². The molecular formula is C21H29N3O2. The average Bonchev–Trinajstić information content (AvgIpc) is 2.66. The maximum Gasteiger partial charge on any atom is 0.131 e. The van der Waals surface area contributed by atoms with Crippen LogP contribution in [0.4, 0.5) is 11.4 Å². The van der Waals surface area contributed by atoms with Gasteiger partial charge in [0.05, 0.1) is 18.0 Å². The van der Waals surface area contributed by atoms with Crippen molar-refractivity contribution >= 4 is 11.4 Å². The Morgan fingerprint density at radius 1 is 0.885 bits per heavy atom. The van der Waals surface area contributed by atoms with Crippen molar-refractivity contribution in [1.29, 1.82) is 0 Å². The predicted octanol–water partition coefficient (Wildman–Crippen LogP) is 4.19. The molecule has 3 rings (SSSR count). The van der Waals surface area contributed by atoms with Crippen LogP contribution in [0.5, 0.6) is 17.2 Å². The zero-order valence-electron chi connectivity index (χ0n) is 15.2. The number of benzene rings is 2. The second-order valence-electron chi connectivity index (χ2n) is 6.91. The fourth-order valence-corrected chi connectivity index (χ4v) is 3.28. The smallest absolute Gasteiger partial charge is 0.131 e. The zero-order chi connectivity index (χ0) is 18.2. The largest absolute Gasteiger partial charge is 0.493 e. The second-order valence-corrected chi connectivity index (χ2v) is 6.91. The van der Waals surface area contributed by atoms with Gasteiger partial charge in [0.1, 0.15) is 17.2 Å². The summed E-state index contributed by atoms with van der Waals surface area (Å²) in [5.41, 5.74) is 12.6. The van der Waals surface area contributed by atoms with Crippen LogP contribution in [0.1, 0.15) is 32.1 Å². The van der Waals surface area contributed by atoms with Crippen LogP contribution in [-0.2, 0) is 0 Å². The SMILES string of the molecule is Nc1ccc(Oc2cccc(OCCCCC3CCNCC3)c2)cc1N. The van der Waals surface area contributed by atoms with E-state index >= 15 is 0 Å². The van der Waals surface area contributed by atoms with Crippen LogP contribution in [-0.4, -0.2) is 19.7 Å². The average molecular weight is 355 g/mol. The highest BCUT2D eigenvalue weighted by Crippen LogP contribution is 2.28. The minimum atomic E-state index is 0.517. The molecule has 0 unspecified atom stereocenters. The molecule has 5 nitrogen and oxygen atoms in total. The number of ether oxygens (including phenoxy) is 2. The van der Waals surface area contributed by atoms with E-state index in [1.54, 1.807) is 18.2 Å². The summed E-state index contributed by atoms with van der Waals surface area (Å²) in [5.74, 6) is 3.10. The third-order valence-corrected chi connectivity index (χ3v) is 4.83. The van der Waals surface area contributed by atoms with E-state index in [4.69, 9.17) is 20.9 Å². The van der Waals surface area contributed by atoms with Gasteiger partial charge in [-0.1, -0.05) is 12.5 Å². The zero-order valence-corrected chi connectivity index (χ0v) is 15.2. The number of anilines is 2. The summed E-state index contributed by atoms with van der Waals surface area (Å²) in [4.78, 5) is 0. The lowest BCUT2D eigenvalue weighted by atomic mass is 9.93. The fraction of sp³-hybridized carbons (Fsp3) is 0.429. The molecule has 0 saturated carbocycles. The highest BCUT2D eigenvalue weighted by atomic mass is 16.5. The first-order valence-corrected chi connectivity index (χ1v) is 9.47. The first kappa shape index (κ1) is 18.4. The lowest BCUT2D eigenvalue weighted by molar-refractivity contribution is 0.286. The Morgan fingerprint density at radius 2 is 1.65 bits per heavy atom. The molecule has 0 atom stereocenters. The summed E-state index contributed by atoms with van der Waals surface area (Å²) in [6.45, 7) is 3.09. The van der Waals surface area contributed by atoms with Crippen molar-refractivity contribution in [3.8, 4) is 17.2 Å². The molecule has 5 heteroatoms. The van der Waals surface area contributed by atoms with Crippen molar-refractivity contribution in [2.24, 2.45) is 5.92 Å². The van der Waals surface area contributed by atoms with Gasteiger partial charge in [0.25, 0.3) is 0 Å². The second kappa shape index (κ2) is 9.34. The summed E-state index contributed by atoms with van der Waals surface area (Å²) in [5, 5.41) is 3.42. The van der Waals surface area contributed by atoms with Crippen LogP contribution in [0, 0.1) is 5.92 Å². The van der Waals surface area contributed by atoms with Crippen LogP contribution in [0.15, 0.2) is 42.5 Å². The monoisotopic (exact) mass is 355 g/mol. The van der Waals surface area contributed by atoms with Crippen LogP contribution in [0.3, 0.4) is 0 Å². The Hall–Kier alpha value is -2.40. The fourth-order valence-electron chi connectivity index (χ4n) is 3.28. The van der Waals surface area contributed by atoms with Gasteiger partial charge in [-0.3, -0.25) is 0 Å². The standard InChI is InChI=1S/C21H29N3O2/c22-20-8-7-19(15-21(20)23)26-18-6-3-5-17(14-18)25-13-2-1-4-16-9-11-24-12-10-16/h3,5-8,14-16,24H,1-2,4,9-13,22-23H2. The third-order valence-electron chi connectivity index (χ3n) is 4.83. The first-order chi connectivity index (χ1) is 12.7. The summed E-state index contributed by atoms with van der Waals surface area (Å²) < 4.78 is 11.7. The quantitative estimate of drug-likeness (QED) is 0.488.